The number of hydrogen-bond donors (Lipinski definition) is 1. The largest absolute Gasteiger partial charge is 0.397 e. The summed E-state index contributed by atoms with van der Waals surface area (Å²) in [5, 5.41) is -4.66. The summed E-state index contributed by atoms with van der Waals surface area (Å²) in [7, 11) is -5.56. The van der Waals surface area contributed by atoms with E-state index in [4.69, 9.17) is 4.55 Å². The molecule has 0 aliphatic heterocycles. The molecule has 0 bridgehead atoms. The van der Waals surface area contributed by atoms with Gasteiger partial charge in [0, 0.05) is 0 Å². The summed E-state index contributed by atoms with van der Waals surface area (Å²) in [5.74, 6) is 0. The van der Waals surface area contributed by atoms with E-state index in [1.165, 1.54) is 0 Å². The van der Waals surface area contributed by atoms with Crippen LogP contribution in [0.15, 0.2) is 0 Å². The van der Waals surface area contributed by atoms with Crippen LogP contribution in [0, 0.1) is 0 Å². The van der Waals surface area contributed by atoms with Gasteiger partial charge in [0.05, 0.1) is 0 Å². The Kier molecular flexibility index (Phi) is 6.07. The Morgan fingerprint density at radius 3 is 1.46 bits per heavy atom. The molecule has 0 aliphatic rings. The SMILES string of the molecule is FC(F)F.O=S(=O)(O)C(F)(F)CF. The highest BCUT2D eigenvalue weighted by atomic mass is 32.2. The van der Waals surface area contributed by atoms with E-state index >= 15 is 0 Å². The summed E-state index contributed by atoms with van der Waals surface area (Å²) in [5.41, 5.74) is 0. The molecule has 0 rings (SSSR count). The van der Waals surface area contributed by atoms with E-state index in [-0.39, 0.29) is 0 Å². The molecule has 1 N–H and O–H groups in total. The average Bonchev–Trinajstić information content (AvgIpc) is 1.84. The lowest BCUT2D eigenvalue weighted by atomic mass is 10.8. The topological polar surface area (TPSA) is 54.4 Å². The minimum Gasteiger partial charge on any atom is -0.281 e. The highest BCUT2D eigenvalue weighted by molar-refractivity contribution is 7.86. The van der Waals surface area contributed by atoms with Gasteiger partial charge in [-0.25, -0.2) is 4.39 Å². The van der Waals surface area contributed by atoms with E-state index in [0.717, 1.165) is 0 Å². The maximum atomic E-state index is 11.4. The van der Waals surface area contributed by atoms with Gasteiger partial charge in [-0.3, -0.25) is 4.55 Å². The molecule has 0 fully saturated rings. The van der Waals surface area contributed by atoms with Crippen LogP contribution < -0.4 is 0 Å². The monoisotopic (exact) mass is 234 g/mol. The minimum absolute atomic E-state index is 2.41. The zero-order chi connectivity index (χ0) is 11.3. The Labute approximate surface area is 69.1 Å². The molecule has 0 heterocycles. The van der Waals surface area contributed by atoms with Crippen LogP contribution in [0.25, 0.3) is 0 Å². The maximum Gasteiger partial charge on any atom is 0.397 e. The van der Waals surface area contributed by atoms with Crippen LogP contribution in [-0.2, 0) is 10.1 Å². The highest BCUT2D eigenvalue weighted by Crippen LogP contribution is 2.19. The van der Waals surface area contributed by atoms with E-state index in [9.17, 15) is 34.8 Å². The third-order valence-corrected chi connectivity index (χ3v) is 1.40. The van der Waals surface area contributed by atoms with Gasteiger partial charge in [0.2, 0.25) is 0 Å². The average molecular weight is 234 g/mol. The van der Waals surface area contributed by atoms with Crippen molar-refractivity contribution >= 4 is 10.1 Å². The normalized spacial score (nSPS) is 12.3. The van der Waals surface area contributed by atoms with Crippen LogP contribution in [-0.4, -0.2) is 31.6 Å². The lowest BCUT2D eigenvalue weighted by Crippen LogP contribution is -2.30. The van der Waals surface area contributed by atoms with E-state index < -0.39 is 28.7 Å². The van der Waals surface area contributed by atoms with Crippen molar-refractivity contribution in [3.63, 3.8) is 0 Å². The van der Waals surface area contributed by atoms with Crippen molar-refractivity contribution in [1.82, 2.24) is 0 Å². The second-order valence-corrected chi connectivity index (χ2v) is 3.04. The Bertz CT molecular complexity index is 221. The highest BCUT2D eigenvalue weighted by Gasteiger charge is 2.44. The van der Waals surface area contributed by atoms with Gasteiger partial charge < -0.3 is 0 Å². The number of hydrogen-bond acceptors (Lipinski definition) is 2. The van der Waals surface area contributed by atoms with Gasteiger partial charge in [-0.1, -0.05) is 0 Å². The van der Waals surface area contributed by atoms with Gasteiger partial charge in [0.1, 0.15) is 0 Å². The first-order valence-electron chi connectivity index (χ1n) is 2.37. The van der Waals surface area contributed by atoms with Crippen molar-refractivity contribution < 1.29 is 39.3 Å². The first-order valence-corrected chi connectivity index (χ1v) is 3.81. The van der Waals surface area contributed by atoms with Crippen LogP contribution in [0.3, 0.4) is 0 Å². The van der Waals surface area contributed by atoms with E-state index in [2.05, 4.69) is 0 Å². The Morgan fingerprint density at radius 1 is 1.23 bits per heavy atom. The van der Waals surface area contributed by atoms with Gasteiger partial charge in [-0.05, 0) is 0 Å². The molecule has 0 saturated carbocycles. The van der Waals surface area contributed by atoms with E-state index in [1.807, 2.05) is 0 Å². The number of halogens is 6. The predicted molar refractivity (Wildman–Crippen MR) is 29.6 cm³/mol. The molecule has 0 atom stereocenters. The molecule has 0 saturated heterocycles. The summed E-state index contributed by atoms with van der Waals surface area (Å²) in [6.45, 7) is -6.08. The number of alkyl halides is 6. The summed E-state index contributed by atoms with van der Waals surface area (Å²) >= 11 is 0. The summed E-state index contributed by atoms with van der Waals surface area (Å²) in [6, 6.07) is 0. The van der Waals surface area contributed by atoms with Crippen molar-refractivity contribution in [2.45, 2.75) is 11.9 Å². The van der Waals surface area contributed by atoms with Crippen LogP contribution in [0.1, 0.15) is 0 Å². The maximum absolute atomic E-state index is 11.4. The quantitative estimate of drug-likeness (QED) is 0.583. The van der Waals surface area contributed by atoms with Crippen molar-refractivity contribution in [1.29, 1.82) is 0 Å². The first-order chi connectivity index (χ1) is 5.54. The molecule has 0 spiro atoms. The van der Waals surface area contributed by atoms with Gasteiger partial charge in [-0.15, -0.1) is 0 Å². The van der Waals surface area contributed by atoms with Crippen LogP contribution in [0.5, 0.6) is 0 Å². The third-order valence-electron chi connectivity index (χ3n) is 0.533. The van der Waals surface area contributed by atoms with Crippen LogP contribution in [0.4, 0.5) is 26.3 Å². The summed E-state index contributed by atoms with van der Waals surface area (Å²) in [6.07, 6.45) is 0. The van der Waals surface area contributed by atoms with Crippen LogP contribution >= 0.6 is 0 Å². The predicted octanol–water partition coefficient (Wildman–Crippen LogP) is 1.62. The Balaban J connectivity index is 0. The molecule has 0 aromatic carbocycles. The molecule has 0 aromatic heterocycles. The molecule has 13 heavy (non-hydrogen) atoms. The molecule has 10 heteroatoms. The zero-order valence-electron chi connectivity index (χ0n) is 5.72. The zero-order valence-corrected chi connectivity index (χ0v) is 6.54. The molecule has 0 amide bonds. The van der Waals surface area contributed by atoms with Gasteiger partial charge in [0.25, 0.3) is 0 Å². The van der Waals surface area contributed by atoms with Crippen molar-refractivity contribution in [3.8, 4) is 0 Å². The standard InChI is InChI=1S/C2H3F3O3S.CHF3/c3-1-2(4,5)9(6,7)8;2-1(3)4/h1H2,(H,6,7,8);1H. The third kappa shape index (κ3) is 7.84. The summed E-state index contributed by atoms with van der Waals surface area (Å²) < 4.78 is 89.3. The van der Waals surface area contributed by atoms with Crippen molar-refractivity contribution in [2.75, 3.05) is 6.67 Å². The Hall–Kier alpha value is -0.510. The fourth-order valence-electron chi connectivity index (χ4n) is 0.0689. The molecule has 0 unspecified atom stereocenters. The summed E-state index contributed by atoms with van der Waals surface area (Å²) in [4.78, 5) is 0. The van der Waals surface area contributed by atoms with Gasteiger partial charge >= 0.3 is 22.1 Å². The van der Waals surface area contributed by atoms with Crippen molar-refractivity contribution in [3.05, 3.63) is 0 Å². The molecule has 82 valence electrons. The minimum atomic E-state index is -5.56. The fraction of sp³-hybridized carbons (Fsp3) is 1.00. The molecule has 0 aliphatic carbocycles. The molecule has 0 aromatic rings. The lowest BCUT2D eigenvalue weighted by molar-refractivity contribution is 0.00819. The molecule has 0 radical (unpaired) electrons. The first kappa shape index (κ1) is 15.0. The molecule has 3 nitrogen and oxygen atoms in total. The van der Waals surface area contributed by atoms with E-state index in [1.54, 1.807) is 0 Å². The molecular weight excluding hydrogens is 230 g/mol. The smallest absolute Gasteiger partial charge is 0.281 e. The Morgan fingerprint density at radius 2 is 1.46 bits per heavy atom. The second kappa shape index (κ2) is 5.27. The molecular formula is C3H4F6O3S. The lowest BCUT2D eigenvalue weighted by Gasteiger charge is -2.05. The number of rotatable bonds is 2. The second-order valence-electron chi connectivity index (χ2n) is 1.49. The van der Waals surface area contributed by atoms with Crippen molar-refractivity contribution in [2.24, 2.45) is 0 Å². The van der Waals surface area contributed by atoms with E-state index in [0.29, 0.717) is 0 Å². The van der Waals surface area contributed by atoms with Gasteiger partial charge in [-0.2, -0.15) is 30.4 Å². The fourth-order valence-corrected chi connectivity index (χ4v) is 0.207. The van der Waals surface area contributed by atoms with Crippen LogP contribution in [0.2, 0.25) is 0 Å². The van der Waals surface area contributed by atoms with Gasteiger partial charge in [0.15, 0.2) is 6.67 Å².